The minimum absolute atomic E-state index is 0.331. The summed E-state index contributed by atoms with van der Waals surface area (Å²) in [6, 6.07) is 5.18. The van der Waals surface area contributed by atoms with Crippen molar-refractivity contribution >= 4 is 5.97 Å². The third-order valence-corrected chi connectivity index (χ3v) is 1.80. The SMILES string of the molecule is NC(C(=O)O)c1ccccc1CF. The van der Waals surface area contributed by atoms with Crippen molar-refractivity contribution in [2.75, 3.05) is 0 Å². The first kappa shape index (κ1) is 9.67. The Bertz CT molecular complexity index is 314. The van der Waals surface area contributed by atoms with Crippen LogP contribution in [0.2, 0.25) is 0 Å². The van der Waals surface area contributed by atoms with Gasteiger partial charge in [-0.2, -0.15) is 0 Å². The third kappa shape index (κ3) is 2.03. The maximum Gasteiger partial charge on any atom is 0.325 e. The number of aliphatic carboxylic acids is 1. The zero-order chi connectivity index (χ0) is 9.84. The highest BCUT2D eigenvalue weighted by atomic mass is 19.1. The van der Waals surface area contributed by atoms with Crippen LogP contribution in [0.15, 0.2) is 24.3 Å². The lowest BCUT2D eigenvalue weighted by Crippen LogP contribution is -2.21. The molecule has 1 aromatic rings. The molecule has 0 aromatic heterocycles. The number of nitrogens with two attached hydrogens (primary N) is 1. The van der Waals surface area contributed by atoms with Gasteiger partial charge in [-0.25, -0.2) is 4.39 Å². The van der Waals surface area contributed by atoms with E-state index in [0.29, 0.717) is 11.1 Å². The molecule has 0 fully saturated rings. The highest BCUT2D eigenvalue weighted by Crippen LogP contribution is 2.16. The van der Waals surface area contributed by atoms with Crippen LogP contribution in [-0.2, 0) is 11.5 Å². The zero-order valence-electron chi connectivity index (χ0n) is 6.90. The third-order valence-electron chi connectivity index (χ3n) is 1.80. The number of alkyl halides is 1. The summed E-state index contributed by atoms with van der Waals surface area (Å²) in [5, 5.41) is 8.61. The van der Waals surface area contributed by atoms with E-state index in [1.54, 1.807) is 12.1 Å². The normalized spacial score (nSPS) is 12.5. The molecule has 0 saturated heterocycles. The standard InChI is InChI=1S/C9H10FNO2/c10-5-6-3-1-2-4-7(6)8(11)9(12)13/h1-4,8H,5,11H2,(H,12,13). The Morgan fingerprint density at radius 3 is 2.69 bits per heavy atom. The second kappa shape index (κ2) is 4.00. The van der Waals surface area contributed by atoms with E-state index in [-0.39, 0.29) is 0 Å². The van der Waals surface area contributed by atoms with Crippen LogP contribution in [0.4, 0.5) is 4.39 Å². The van der Waals surface area contributed by atoms with E-state index < -0.39 is 18.7 Å². The van der Waals surface area contributed by atoms with E-state index in [1.165, 1.54) is 12.1 Å². The van der Waals surface area contributed by atoms with Crippen LogP contribution in [0.3, 0.4) is 0 Å². The Morgan fingerprint density at radius 2 is 2.15 bits per heavy atom. The van der Waals surface area contributed by atoms with Gasteiger partial charge >= 0.3 is 5.97 Å². The van der Waals surface area contributed by atoms with Crippen LogP contribution in [-0.4, -0.2) is 11.1 Å². The minimum Gasteiger partial charge on any atom is -0.480 e. The predicted octanol–water partition coefficient (Wildman–Crippen LogP) is 1.24. The van der Waals surface area contributed by atoms with Gasteiger partial charge in [0.15, 0.2) is 0 Å². The summed E-state index contributed by atoms with van der Waals surface area (Å²) >= 11 is 0. The Hall–Kier alpha value is -1.42. The summed E-state index contributed by atoms with van der Waals surface area (Å²) in [6.07, 6.45) is 0. The molecule has 13 heavy (non-hydrogen) atoms. The quantitative estimate of drug-likeness (QED) is 0.741. The Labute approximate surface area is 75.0 Å². The number of halogens is 1. The molecule has 1 rings (SSSR count). The lowest BCUT2D eigenvalue weighted by molar-refractivity contribution is -0.138. The van der Waals surface area contributed by atoms with Crippen LogP contribution >= 0.6 is 0 Å². The van der Waals surface area contributed by atoms with Gasteiger partial charge in [-0.1, -0.05) is 24.3 Å². The molecule has 0 bridgehead atoms. The summed E-state index contributed by atoms with van der Waals surface area (Å²) in [4.78, 5) is 10.5. The number of hydrogen-bond donors (Lipinski definition) is 2. The van der Waals surface area contributed by atoms with E-state index in [9.17, 15) is 9.18 Å². The number of benzene rings is 1. The fourth-order valence-corrected chi connectivity index (χ4v) is 1.09. The molecular weight excluding hydrogens is 173 g/mol. The van der Waals surface area contributed by atoms with Gasteiger partial charge in [-0.15, -0.1) is 0 Å². The molecule has 0 radical (unpaired) electrons. The van der Waals surface area contributed by atoms with Crippen molar-refractivity contribution in [3.63, 3.8) is 0 Å². The van der Waals surface area contributed by atoms with E-state index in [4.69, 9.17) is 10.8 Å². The van der Waals surface area contributed by atoms with Crippen molar-refractivity contribution in [3.8, 4) is 0 Å². The van der Waals surface area contributed by atoms with Crippen LogP contribution in [0.1, 0.15) is 17.2 Å². The highest BCUT2D eigenvalue weighted by Gasteiger charge is 2.16. The van der Waals surface area contributed by atoms with Crippen LogP contribution < -0.4 is 5.73 Å². The monoisotopic (exact) mass is 183 g/mol. The van der Waals surface area contributed by atoms with E-state index in [1.807, 2.05) is 0 Å². The summed E-state index contributed by atoms with van der Waals surface area (Å²) in [5.41, 5.74) is 6.01. The number of carbonyl (C=O) groups is 1. The van der Waals surface area contributed by atoms with Gasteiger partial charge < -0.3 is 10.8 Å². The van der Waals surface area contributed by atoms with Crippen molar-refractivity contribution in [1.29, 1.82) is 0 Å². The van der Waals surface area contributed by atoms with Crippen LogP contribution in [0, 0.1) is 0 Å². The van der Waals surface area contributed by atoms with Crippen LogP contribution in [0.5, 0.6) is 0 Å². The van der Waals surface area contributed by atoms with E-state index in [0.717, 1.165) is 0 Å². The molecule has 0 saturated carbocycles. The molecule has 3 nitrogen and oxygen atoms in total. The zero-order valence-corrected chi connectivity index (χ0v) is 6.90. The second-order valence-electron chi connectivity index (χ2n) is 2.65. The van der Waals surface area contributed by atoms with Gasteiger partial charge in [0.1, 0.15) is 12.7 Å². The Kier molecular flexibility index (Phi) is 2.97. The highest BCUT2D eigenvalue weighted by molar-refractivity contribution is 5.75. The molecule has 0 aliphatic heterocycles. The van der Waals surface area contributed by atoms with Crippen molar-refractivity contribution < 1.29 is 14.3 Å². The molecule has 3 N–H and O–H groups in total. The molecule has 0 aliphatic rings. The van der Waals surface area contributed by atoms with Gasteiger partial charge in [0.2, 0.25) is 0 Å². The summed E-state index contributed by atoms with van der Waals surface area (Å²) in [6.45, 7) is -0.697. The van der Waals surface area contributed by atoms with Crippen LogP contribution in [0.25, 0.3) is 0 Å². The first-order chi connectivity index (χ1) is 6.16. The van der Waals surface area contributed by atoms with E-state index >= 15 is 0 Å². The fourth-order valence-electron chi connectivity index (χ4n) is 1.09. The summed E-state index contributed by atoms with van der Waals surface area (Å²) in [5.74, 6) is -1.15. The number of carboxylic acid groups (broad SMARTS) is 1. The van der Waals surface area contributed by atoms with Gasteiger partial charge in [0.05, 0.1) is 0 Å². The molecule has 70 valence electrons. The molecule has 0 heterocycles. The average Bonchev–Trinajstić information content (AvgIpc) is 2.16. The molecule has 0 amide bonds. The van der Waals surface area contributed by atoms with E-state index in [2.05, 4.69) is 0 Å². The fraction of sp³-hybridized carbons (Fsp3) is 0.222. The van der Waals surface area contributed by atoms with Crippen molar-refractivity contribution in [3.05, 3.63) is 35.4 Å². The smallest absolute Gasteiger partial charge is 0.325 e. The topological polar surface area (TPSA) is 63.3 Å². The van der Waals surface area contributed by atoms with Gasteiger partial charge in [-0.3, -0.25) is 4.79 Å². The van der Waals surface area contributed by atoms with Crippen molar-refractivity contribution in [2.45, 2.75) is 12.7 Å². The van der Waals surface area contributed by atoms with Crippen molar-refractivity contribution in [2.24, 2.45) is 5.73 Å². The summed E-state index contributed by atoms with van der Waals surface area (Å²) in [7, 11) is 0. The lowest BCUT2D eigenvalue weighted by atomic mass is 10.0. The van der Waals surface area contributed by atoms with Gasteiger partial charge in [0.25, 0.3) is 0 Å². The first-order valence-electron chi connectivity index (χ1n) is 3.79. The predicted molar refractivity (Wildman–Crippen MR) is 45.8 cm³/mol. The molecule has 0 spiro atoms. The Balaban J connectivity index is 3.05. The summed E-state index contributed by atoms with van der Waals surface area (Å²) < 4.78 is 12.4. The largest absolute Gasteiger partial charge is 0.480 e. The number of carboxylic acids is 1. The maximum atomic E-state index is 12.4. The maximum absolute atomic E-state index is 12.4. The second-order valence-corrected chi connectivity index (χ2v) is 2.65. The van der Waals surface area contributed by atoms with Gasteiger partial charge in [0, 0.05) is 0 Å². The molecular formula is C9H10FNO2. The van der Waals surface area contributed by atoms with Crippen molar-refractivity contribution in [1.82, 2.24) is 0 Å². The first-order valence-corrected chi connectivity index (χ1v) is 3.79. The lowest BCUT2D eigenvalue weighted by Gasteiger charge is -2.09. The number of hydrogen-bond acceptors (Lipinski definition) is 2. The minimum atomic E-state index is -1.15. The van der Waals surface area contributed by atoms with Gasteiger partial charge in [-0.05, 0) is 11.1 Å². The molecule has 4 heteroatoms. The molecule has 1 unspecified atom stereocenters. The Morgan fingerprint density at radius 1 is 1.54 bits per heavy atom. The average molecular weight is 183 g/mol. The molecule has 1 aromatic carbocycles. The molecule has 0 aliphatic carbocycles. The number of rotatable bonds is 3. The molecule has 1 atom stereocenters.